The topological polar surface area (TPSA) is 76.4 Å². The molecule has 2 fully saturated rings. The number of hydrogen-bond donors (Lipinski definition) is 2. The molecule has 4 atom stereocenters. The van der Waals surface area contributed by atoms with Crippen LogP contribution in [0.15, 0.2) is 37.2 Å². The van der Waals surface area contributed by atoms with E-state index in [1.807, 2.05) is 36.8 Å². The summed E-state index contributed by atoms with van der Waals surface area (Å²) < 4.78 is 7.79. The number of rotatable bonds is 8. The first-order valence-electron chi connectivity index (χ1n) is 12.1. The predicted molar refractivity (Wildman–Crippen MR) is 131 cm³/mol. The average Bonchev–Trinajstić information content (AvgIpc) is 3.54. The number of nitrogens with one attached hydrogen (secondary N) is 2. The van der Waals surface area contributed by atoms with Crippen molar-refractivity contribution in [2.75, 3.05) is 19.0 Å². The lowest BCUT2D eigenvalue weighted by Crippen LogP contribution is -2.32. The highest BCUT2D eigenvalue weighted by Gasteiger charge is 2.46. The zero-order valence-electron chi connectivity index (χ0n) is 19.8. The van der Waals surface area contributed by atoms with Gasteiger partial charge in [-0.3, -0.25) is 0 Å². The maximum absolute atomic E-state index is 5.93. The van der Waals surface area contributed by atoms with E-state index in [0.29, 0.717) is 30.4 Å². The molecule has 0 bridgehead atoms. The molecule has 2 unspecified atom stereocenters. The highest BCUT2D eigenvalue weighted by Crippen LogP contribution is 2.54. The third kappa shape index (κ3) is 4.60. The van der Waals surface area contributed by atoms with Crippen LogP contribution in [0.1, 0.15) is 62.0 Å². The van der Waals surface area contributed by atoms with E-state index in [-0.39, 0.29) is 0 Å². The minimum absolute atomic E-state index is 0.451. The Morgan fingerprint density at radius 3 is 2.97 bits per heavy atom. The van der Waals surface area contributed by atoms with Crippen LogP contribution in [0.5, 0.6) is 5.88 Å². The lowest BCUT2D eigenvalue weighted by Gasteiger charge is -2.29. The average molecular weight is 447 g/mol. The van der Waals surface area contributed by atoms with Crippen LogP contribution in [0, 0.1) is 18.8 Å². The normalized spacial score (nSPS) is 24.6. The quantitative estimate of drug-likeness (QED) is 0.518. The summed E-state index contributed by atoms with van der Waals surface area (Å²) in [5.74, 6) is 3.46. The van der Waals surface area contributed by atoms with Crippen LogP contribution >= 0.6 is 0 Å². The summed E-state index contributed by atoms with van der Waals surface area (Å²) in [5.41, 5.74) is 4.49. The van der Waals surface area contributed by atoms with Crippen molar-refractivity contribution < 1.29 is 4.74 Å². The number of nitrogens with zero attached hydrogens (tertiary/aromatic N) is 4. The van der Waals surface area contributed by atoms with Crippen LogP contribution < -0.4 is 15.4 Å². The van der Waals surface area contributed by atoms with Crippen molar-refractivity contribution in [3.8, 4) is 5.88 Å². The lowest BCUT2D eigenvalue weighted by atomic mass is 9.82. The van der Waals surface area contributed by atoms with Gasteiger partial charge in [-0.05, 0) is 70.2 Å². The monoisotopic (exact) mass is 446 g/mol. The number of hydrogen-bond acceptors (Lipinski definition) is 6. The molecule has 3 aromatic heterocycles. The van der Waals surface area contributed by atoms with Gasteiger partial charge in [-0.25, -0.2) is 9.50 Å². The third-order valence-corrected chi connectivity index (χ3v) is 7.16. The highest BCUT2D eigenvalue weighted by atomic mass is 16.5. The van der Waals surface area contributed by atoms with Crippen LogP contribution in [0.2, 0.25) is 0 Å². The van der Waals surface area contributed by atoms with Crippen LogP contribution in [-0.2, 0) is 0 Å². The number of aryl methyl sites for hydroxylation is 1. The molecule has 7 heteroatoms. The minimum Gasteiger partial charge on any atom is -0.477 e. The molecule has 3 heterocycles. The van der Waals surface area contributed by atoms with Gasteiger partial charge in [0.1, 0.15) is 5.82 Å². The molecule has 5 rings (SSSR count). The van der Waals surface area contributed by atoms with Crippen molar-refractivity contribution in [2.24, 2.45) is 11.8 Å². The Hall–Kier alpha value is -2.93. The van der Waals surface area contributed by atoms with Crippen LogP contribution in [0.25, 0.3) is 11.2 Å². The first-order valence-corrected chi connectivity index (χ1v) is 12.1. The van der Waals surface area contributed by atoms with Gasteiger partial charge < -0.3 is 15.4 Å². The number of ether oxygens (including phenoxy) is 1. The summed E-state index contributed by atoms with van der Waals surface area (Å²) in [6.45, 7) is 8.77. The van der Waals surface area contributed by atoms with E-state index < -0.39 is 0 Å². The molecule has 0 aromatic carbocycles. The molecule has 2 saturated carbocycles. The Balaban J connectivity index is 1.31. The molecule has 174 valence electrons. The van der Waals surface area contributed by atoms with E-state index in [1.54, 1.807) is 0 Å². The van der Waals surface area contributed by atoms with E-state index in [2.05, 4.69) is 41.5 Å². The SMILES string of the molecule is C=C(Nc1ccn2nc(C)cc2c1)c1cnc(C2C[C@@H]2C2CCC[C@H](NC)C2)nc1OCC. The van der Waals surface area contributed by atoms with Crippen molar-refractivity contribution in [1.29, 1.82) is 0 Å². The first-order chi connectivity index (χ1) is 16.1. The van der Waals surface area contributed by atoms with Crippen LogP contribution in [-0.4, -0.2) is 39.3 Å². The van der Waals surface area contributed by atoms with E-state index in [0.717, 1.165) is 39.9 Å². The number of aromatic nitrogens is 4. The van der Waals surface area contributed by atoms with Crippen LogP contribution in [0.4, 0.5) is 5.69 Å². The van der Waals surface area contributed by atoms with Crippen molar-refractivity contribution in [3.05, 3.63) is 54.3 Å². The number of fused-ring (bicyclic) bond motifs is 1. The Morgan fingerprint density at radius 1 is 1.27 bits per heavy atom. The van der Waals surface area contributed by atoms with Gasteiger partial charge in [-0.1, -0.05) is 19.4 Å². The molecule has 3 aromatic rings. The van der Waals surface area contributed by atoms with Gasteiger partial charge in [0.05, 0.1) is 23.4 Å². The van der Waals surface area contributed by atoms with Gasteiger partial charge in [0.2, 0.25) is 5.88 Å². The van der Waals surface area contributed by atoms with E-state index in [4.69, 9.17) is 14.7 Å². The molecular weight excluding hydrogens is 412 g/mol. The third-order valence-electron chi connectivity index (χ3n) is 7.16. The standard InChI is InChI=1S/C26H34N6O/c1-5-33-26-24(17(3)29-20-9-10-32-21(13-20)11-16(2)31-32)15-28-25(30-26)23-14-22(23)18-7-6-8-19(12-18)27-4/h9-11,13,15,18-19,22-23,27,29H,3,5-8,12,14H2,1-2,4H3/t18?,19-,22+,23?/m0/s1. The van der Waals surface area contributed by atoms with Gasteiger partial charge in [0.25, 0.3) is 0 Å². The molecular formula is C26H34N6O. The van der Waals surface area contributed by atoms with Crippen molar-refractivity contribution in [2.45, 2.75) is 57.9 Å². The summed E-state index contributed by atoms with van der Waals surface area (Å²) in [5, 5.41) is 11.3. The maximum Gasteiger partial charge on any atom is 0.226 e. The fourth-order valence-electron chi connectivity index (χ4n) is 5.36. The van der Waals surface area contributed by atoms with Gasteiger partial charge in [-0.2, -0.15) is 10.1 Å². The molecule has 7 nitrogen and oxygen atoms in total. The fraction of sp³-hybridized carbons (Fsp3) is 0.500. The van der Waals surface area contributed by atoms with Gasteiger partial charge >= 0.3 is 0 Å². The van der Waals surface area contributed by atoms with E-state index in [1.165, 1.54) is 32.1 Å². The van der Waals surface area contributed by atoms with Gasteiger partial charge in [0, 0.05) is 35.7 Å². The van der Waals surface area contributed by atoms with Gasteiger partial charge in [0.15, 0.2) is 0 Å². The first kappa shape index (κ1) is 21.9. The van der Waals surface area contributed by atoms with Crippen molar-refractivity contribution >= 4 is 16.9 Å². The Kier molecular flexibility index (Phi) is 6.06. The van der Waals surface area contributed by atoms with E-state index in [9.17, 15) is 0 Å². The Labute approximate surface area is 195 Å². The largest absolute Gasteiger partial charge is 0.477 e. The summed E-state index contributed by atoms with van der Waals surface area (Å²) in [6, 6.07) is 6.75. The molecule has 33 heavy (non-hydrogen) atoms. The number of pyridine rings is 1. The smallest absolute Gasteiger partial charge is 0.226 e. The van der Waals surface area contributed by atoms with E-state index >= 15 is 0 Å². The van der Waals surface area contributed by atoms with Crippen molar-refractivity contribution in [1.82, 2.24) is 24.9 Å². The fourth-order valence-corrected chi connectivity index (χ4v) is 5.36. The summed E-state index contributed by atoms with van der Waals surface area (Å²) >= 11 is 0. The summed E-state index contributed by atoms with van der Waals surface area (Å²) in [4.78, 5) is 9.62. The Morgan fingerprint density at radius 2 is 2.15 bits per heavy atom. The summed E-state index contributed by atoms with van der Waals surface area (Å²) in [6.07, 6.45) is 10.2. The maximum atomic E-state index is 5.93. The van der Waals surface area contributed by atoms with Crippen molar-refractivity contribution in [3.63, 3.8) is 0 Å². The van der Waals surface area contributed by atoms with Gasteiger partial charge in [-0.15, -0.1) is 0 Å². The van der Waals surface area contributed by atoms with Crippen LogP contribution in [0.3, 0.4) is 0 Å². The molecule has 2 aliphatic rings. The second-order valence-corrected chi connectivity index (χ2v) is 9.47. The predicted octanol–water partition coefficient (Wildman–Crippen LogP) is 4.80. The molecule has 2 N–H and O–H groups in total. The molecule has 0 radical (unpaired) electrons. The number of anilines is 1. The molecule has 0 spiro atoms. The molecule has 0 amide bonds. The minimum atomic E-state index is 0.451. The second kappa shape index (κ2) is 9.14. The molecule has 0 saturated heterocycles. The lowest BCUT2D eigenvalue weighted by molar-refractivity contribution is 0.265. The zero-order chi connectivity index (χ0) is 22.9. The molecule has 2 aliphatic carbocycles. The highest BCUT2D eigenvalue weighted by molar-refractivity contribution is 5.78. The second-order valence-electron chi connectivity index (χ2n) is 9.47. The Bertz CT molecular complexity index is 1150. The molecule has 0 aliphatic heterocycles. The zero-order valence-corrected chi connectivity index (χ0v) is 19.8. The summed E-state index contributed by atoms with van der Waals surface area (Å²) in [7, 11) is 2.09.